The van der Waals surface area contributed by atoms with Gasteiger partial charge in [0.2, 0.25) is 0 Å². The first kappa shape index (κ1) is 18.0. The molecule has 0 fully saturated rings. The molecule has 0 radical (unpaired) electrons. The van der Waals surface area contributed by atoms with Crippen LogP contribution in [-0.4, -0.2) is 25.2 Å². The van der Waals surface area contributed by atoms with Gasteiger partial charge in [0, 0.05) is 10.9 Å². The molecule has 0 aliphatic heterocycles. The molecule has 6 heteroatoms. The third-order valence-corrected chi connectivity index (χ3v) is 4.15. The highest BCUT2D eigenvalue weighted by Crippen LogP contribution is 2.18. The number of methoxy groups -OCH3 is 1. The standard InChI is InChI=1S/C18H18BrNO4/c1-23-17(21)16(11-14-9-5-6-10-15(14)19)20-18(22)24-12-13-7-3-2-4-8-13/h2-10,16H,11-12H2,1H3,(H,20,22)/t16-/m1/s1. The van der Waals surface area contributed by atoms with E-state index in [-0.39, 0.29) is 6.61 Å². The van der Waals surface area contributed by atoms with Crippen molar-refractivity contribution < 1.29 is 19.1 Å². The van der Waals surface area contributed by atoms with Crippen molar-refractivity contribution in [1.82, 2.24) is 5.32 Å². The van der Waals surface area contributed by atoms with Crippen LogP contribution in [0.5, 0.6) is 0 Å². The van der Waals surface area contributed by atoms with Crippen molar-refractivity contribution in [2.24, 2.45) is 0 Å². The molecule has 0 saturated heterocycles. The summed E-state index contributed by atoms with van der Waals surface area (Å²) in [6, 6.07) is 16.0. The fourth-order valence-corrected chi connectivity index (χ4v) is 2.57. The second-order valence-corrected chi connectivity index (χ2v) is 5.93. The zero-order valence-corrected chi connectivity index (χ0v) is 14.8. The minimum atomic E-state index is -0.822. The van der Waals surface area contributed by atoms with E-state index in [2.05, 4.69) is 21.2 Å². The fraction of sp³-hybridized carbons (Fsp3) is 0.222. The van der Waals surface area contributed by atoms with Crippen LogP contribution in [0.2, 0.25) is 0 Å². The quantitative estimate of drug-likeness (QED) is 0.765. The lowest BCUT2D eigenvalue weighted by Crippen LogP contribution is -2.43. The molecule has 1 atom stereocenters. The molecule has 0 saturated carbocycles. The number of alkyl carbamates (subject to hydrolysis) is 1. The summed E-state index contributed by atoms with van der Waals surface area (Å²) in [5, 5.41) is 2.56. The summed E-state index contributed by atoms with van der Waals surface area (Å²) in [6.45, 7) is 0.135. The molecule has 0 unspecified atom stereocenters. The molecule has 1 amide bonds. The zero-order chi connectivity index (χ0) is 17.4. The molecule has 0 aliphatic rings. The molecule has 0 spiro atoms. The maximum Gasteiger partial charge on any atom is 0.408 e. The van der Waals surface area contributed by atoms with Crippen LogP contribution in [0.4, 0.5) is 4.79 Å². The van der Waals surface area contributed by atoms with Gasteiger partial charge in [-0.15, -0.1) is 0 Å². The highest BCUT2D eigenvalue weighted by molar-refractivity contribution is 9.10. The van der Waals surface area contributed by atoms with Gasteiger partial charge >= 0.3 is 12.1 Å². The van der Waals surface area contributed by atoms with Crippen LogP contribution in [-0.2, 0) is 27.3 Å². The predicted octanol–water partition coefficient (Wildman–Crippen LogP) is 3.46. The molecule has 5 nitrogen and oxygen atoms in total. The van der Waals surface area contributed by atoms with Gasteiger partial charge in [0.15, 0.2) is 0 Å². The lowest BCUT2D eigenvalue weighted by atomic mass is 10.1. The minimum absolute atomic E-state index is 0.135. The maximum atomic E-state index is 12.0. The van der Waals surface area contributed by atoms with Crippen molar-refractivity contribution in [3.63, 3.8) is 0 Å². The molecule has 2 aromatic carbocycles. The highest BCUT2D eigenvalue weighted by atomic mass is 79.9. The summed E-state index contributed by atoms with van der Waals surface area (Å²) >= 11 is 3.43. The van der Waals surface area contributed by atoms with Crippen LogP contribution in [0.1, 0.15) is 11.1 Å². The van der Waals surface area contributed by atoms with Gasteiger partial charge in [-0.2, -0.15) is 0 Å². The van der Waals surface area contributed by atoms with Crippen LogP contribution in [0.3, 0.4) is 0 Å². The largest absolute Gasteiger partial charge is 0.467 e. The Hall–Kier alpha value is -2.34. The summed E-state index contributed by atoms with van der Waals surface area (Å²) < 4.78 is 10.8. The molecule has 1 N–H and O–H groups in total. The van der Waals surface area contributed by atoms with Gasteiger partial charge in [0.05, 0.1) is 7.11 Å². The number of carbonyl (C=O) groups excluding carboxylic acids is 2. The SMILES string of the molecule is COC(=O)[C@@H](Cc1ccccc1Br)NC(=O)OCc1ccccc1. The summed E-state index contributed by atoms with van der Waals surface area (Å²) in [7, 11) is 1.28. The van der Waals surface area contributed by atoms with Gasteiger partial charge in [0.25, 0.3) is 0 Å². The first-order valence-electron chi connectivity index (χ1n) is 7.38. The summed E-state index contributed by atoms with van der Waals surface area (Å²) in [5.41, 5.74) is 1.75. The second kappa shape index (κ2) is 9.08. The molecule has 0 heterocycles. The number of rotatable bonds is 6. The van der Waals surface area contributed by atoms with Crippen molar-refractivity contribution in [2.45, 2.75) is 19.1 Å². The second-order valence-electron chi connectivity index (χ2n) is 5.08. The number of nitrogens with one attached hydrogen (secondary N) is 1. The number of hydrogen-bond acceptors (Lipinski definition) is 4. The summed E-state index contributed by atoms with van der Waals surface area (Å²) in [4.78, 5) is 23.9. The van der Waals surface area contributed by atoms with E-state index in [0.29, 0.717) is 6.42 Å². The Morgan fingerprint density at radius 1 is 1.08 bits per heavy atom. The van der Waals surface area contributed by atoms with E-state index >= 15 is 0 Å². The van der Waals surface area contributed by atoms with Crippen LogP contribution in [0.15, 0.2) is 59.1 Å². The Labute approximate surface area is 149 Å². The van der Waals surface area contributed by atoms with Gasteiger partial charge in [-0.1, -0.05) is 64.5 Å². The van der Waals surface area contributed by atoms with Crippen molar-refractivity contribution in [3.8, 4) is 0 Å². The average molecular weight is 392 g/mol. The molecule has 2 aromatic rings. The number of ether oxygens (including phenoxy) is 2. The number of amides is 1. The third kappa shape index (κ3) is 5.38. The van der Waals surface area contributed by atoms with Gasteiger partial charge in [-0.3, -0.25) is 0 Å². The smallest absolute Gasteiger partial charge is 0.408 e. The van der Waals surface area contributed by atoms with E-state index < -0.39 is 18.1 Å². The molecular weight excluding hydrogens is 374 g/mol. The van der Waals surface area contributed by atoms with Crippen molar-refractivity contribution in [2.75, 3.05) is 7.11 Å². The van der Waals surface area contributed by atoms with E-state index in [1.54, 1.807) is 0 Å². The van der Waals surface area contributed by atoms with Crippen molar-refractivity contribution in [1.29, 1.82) is 0 Å². The number of hydrogen-bond donors (Lipinski definition) is 1. The van der Waals surface area contributed by atoms with Crippen molar-refractivity contribution >= 4 is 28.0 Å². The molecule has 24 heavy (non-hydrogen) atoms. The molecule has 0 bridgehead atoms. The topological polar surface area (TPSA) is 64.6 Å². The minimum Gasteiger partial charge on any atom is -0.467 e. The van der Waals surface area contributed by atoms with E-state index in [9.17, 15) is 9.59 Å². The zero-order valence-electron chi connectivity index (χ0n) is 13.2. The normalized spacial score (nSPS) is 11.4. The number of benzene rings is 2. The number of carbonyl (C=O) groups is 2. The lowest BCUT2D eigenvalue weighted by molar-refractivity contribution is -0.143. The van der Waals surface area contributed by atoms with Crippen LogP contribution in [0, 0.1) is 0 Å². The van der Waals surface area contributed by atoms with Gasteiger partial charge < -0.3 is 14.8 Å². The number of esters is 1. The van der Waals surface area contributed by atoms with Crippen LogP contribution >= 0.6 is 15.9 Å². The van der Waals surface area contributed by atoms with Crippen molar-refractivity contribution in [3.05, 3.63) is 70.2 Å². The Bertz CT molecular complexity index is 690. The van der Waals surface area contributed by atoms with E-state index in [1.165, 1.54) is 7.11 Å². The van der Waals surface area contributed by atoms with E-state index in [1.807, 2.05) is 54.6 Å². The third-order valence-electron chi connectivity index (χ3n) is 3.37. The molecule has 2 rings (SSSR count). The Balaban J connectivity index is 1.97. The maximum absolute atomic E-state index is 12.0. The fourth-order valence-electron chi connectivity index (χ4n) is 2.13. The lowest BCUT2D eigenvalue weighted by Gasteiger charge is -2.17. The Morgan fingerprint density at radius 2 is 1.75 bits per heavy atom. The molecule has 126 valence electrons. The average Bonchev–Trinajstić information content (AvgIpc) is 2.61. The first-order valence-corrected chi connectivity index (χ1v) is 8.18. The van der Waals surface area contributed by atoms with Gasteiger partial charge in [0.1, 0.15) is 12.6 Å². The molecule has 0 aromatic heterocycles. The predicted molar refractivity (Wildman–Crippen MR) is 93.4 cm³/mol. The first-order chi connectivity index (χ1) is 11.6. The summed E-state index contributed by atoms with van der Waals surface area (Å²) in [6.07, 6.45) is -0.365. The summed E-state index contributed by atoms with van der Waals surface area (Å²) in [5.74, 6) is -0.526. The van der Waals surface area contributed by atoms with Crippen LogP contribution < -0.4 is 5.32 Å². The molecule has 0 aliphatic carbocycles. The number of halogens is 1. The van der Waals surface area contributed by atoms with E-state index in [0.717, 1.165) is 15.6 Å². The van der Waals surface area contributed by atoms with E-state index in [4.69, 9.17) is 9.47 Å². The molecular formula is C18H18BrNO4. The van der Waals surface area contributed by atoms with Gasteiger partial charge in [-0.05, 0) is 17.2 Å². The highest BCUT2D eigenvalue weighted by Gasteiger charge is 2.23. The Morgan fingerprint density at radius 3 is 2.42 bits per heavy atom. The van der Waals surface area contributed by atoms with Crippen LogP contribution in [0.25, 0.3) is 0 Å². The monoisotopic (exact) mass is 391 g/mol. The van der Waals surface area contributed by atoms with Gasteiger partial charge in [-0.25, -0.2) is 9.59 Å². The Kier molecular flexibility index (Phi) is 6.81.